The minimum absolute atomic E-state index is 0.0991. The highest BCUT2D eigenvalue weighted by molar-refractivity contribution is 7.10. The van der Waals surface area contributed by atoms with E-state index >= 15 is 0 Å². The van der Waals surface area contributed by atoms with Crippen LogP contribution in [-0.2, 0) is 11.2 Å². The molecule has 0 radical (unpaired) electrons. The molecule has 3 amide bonds. The molecular formula is C23H25N3O2S. The Kier molecular flexibility index (Phi) is 7.03. The molecule has 1 aromatic heterocycles. The van der Waals surface area contributed by atoms with Crippen LogP contribution >= 0.6 is 11.3 Å². The van der Waals surface area contributed by atoms with Gasteiger partial charge in [0, 0.05) is 4.88 Å². The van der Waals surface area contributed by atoms with Gasteiger partial charge in [0.2, 0.25) is 5.91 Å². The molecule has 29 heavy (non-hydrogen) atoms. The van der Waals surface area contributed by atoms with Crippen LogP contribution in [0, 0.1) is 0 Å². The highest BCUT2D eigenvalue weighted by atomic mass is 32.1. The largest absolute Gasteiger partial charge is 0.352 e. The van der Waals surface area contributed by atoms with E-state index in [0.29, 0.717) is 0 Å². The van der Waals surface area contributed by atoms with Gasteiger partial charge in [-0.3, -0.25) is 4.79 Å². The molecule has 5 nitrogen and oxygen atoms in total. The van der Waals surface area contributed by atoms with Crippen molar-refractivity contribution >= 4 is 23.3 Å². The third-order valence-corrected chi connectivity index (χ3v) is 5.70. The second-order valence-corrected chi connectivity index (χ2v) is 7.77. The summed E-state index contributed by atoms with van der Waals surface area (Å²) in [6.07, 6.45) is 1.07. The van der Waals surface area contributed by atoms with Crippen molar-refractivity contribution in [2.24, 2.45) is 5.73 Å². The van der Waals surface area contributed by atoms with Crippen LogP contribution < -0.4 is 16.4 Å². The molecule has 0 aliphatic heterocycles. The molecule has 0 spiro atoms. The smallest absolute Gasteiger partial charge is 0.312 e. The minimum Gasteiger partial charge on any atom is -0.352 e. The first-order valence-corrected chi connectivity index (χ1v) is 10.5. The van der Waals surface area contributed by atoms with Crippen molar-refractivity contribution in [1.29, 1.82) is 0 Å². The lowest BCUT2D eigenvalue weighted by Crippen LogP contribution is -2.37. The molecule has 0 unspecified atom stereocenters. The van der Waals surface area contributed by atoms with Crippen LogP contribution in [0.2, 0.25) is 0 Å². The monoisotopic (exact) mass is 407 g/mol. The Morgan fingerprint density at radius 1 is 0.931 bits per heavy atom. The fourth-order valence-electron chi connectivity index (χ4n) is 3.23. The number of aryl methyl sites for hydroxylation is 1. The van der Waals surface area contributed by atoms with Gasteiger partial charge in [-0.25, -0.2) is 4.79 Å². The minimum atomic E-state index is -0.656. The van der Waals surface area contributed by atoms with Gasteiger partial charge in [-0.1, -0.05) is 67.6 Å². The quantitative estimate of drug-likeness (QED) is 0.520. The molecule has 0 aliphatic rings. The molecule has 2 atom stereocenters. The molecule has 0 aliphatic carbocycles. The van der Waals surface area contributed by atoms with Gasteiger partial charge in [-0.05, 0) is 34.6 Å². The molecule has 6 heteroatoms. The Morgan fingerprint density at radius 3 is 2.24 bits per heavy atom. The van der Waals surface area contributed by atoms with Gasteiger partial charge in [-0.15, -0.1) is 11.3 Å². The zero-order valence-electron chi connectivity index (χ0n) is 16.3. The maximum atomic E-state index is 12.9. The highest BCUT2D eigenvalue weighted by Gasteiger charge is 2.22. The van der Waals surface area contributed by atoms with Crippen molar-refractivity contribution < 1.29 is 9.59 Å². The van der Waals surface area contributed by atoms with Crippen molar-refractivity contribution in [1.82, 2.24) is 10.6 Å². The maximum absolute atomic E-state index is 12.9. The summed E-state index contributed by atoms with van der Waals surface area (Å²) >= 11 is 1.60. The fraction of sp³-hybridized carbons (Fsp3) is 0.217. The van der Waals surface area contributed by atoms with Crippen molar-refractivity contribution in [3.63, 3.8) is 0 Å². The molecule has 0 bridgehead atoms. The van der Waals surface area contributed by atoms with E-state index in [9.17, 15) is 9.59 Å². The first-order chi connectivity index (χ1) is 14.1. The van der Waals surface area contributed by atoms with Gasteiger partial charge in [-0.2, -0.15) is 0 Å². The van der Waals surface area contributed by atoms with E-state index in [1.165, 1.54) is 5.56 Å². The van der Waals surface area contributed by atoms with Gasteiger partial charge in [0.1, 0.15) is 0 Å². The number of hydrogen-bond acceptors (Lipinski definition) is 3. The van der Waals surface area contributed by atoms with E-state index in [-0.39, 0.29) is 18.4 Å². The molecule has 0 saturated carbocycles. The highest BCUT2D eigenvalue weighted by Crippen LogP contribution is 2.27. The van der Waals surface area contributed by atoms with Crippen LogP contribution in [0.5, 0.6) is 0 Å². The van der Waals surface area contributed by atoms with E-state index in [0.717, 1.165) is 22.4 Å². The predicted octanol–water partition coefficient (Wildman–Crippen LogP) is 4.32. The lowest BCUT2D eigenvalue weighted by molar-refractivity contribution is -0.122. The average Bonchev–Trinajstić information content (AvgIpc) is 3.26. The molecule has 150 valence electrons. The van der Waals surface area contributed by atoms with Gasteiger partial charge in [0.25, 0.3) is 0 Å². The Labute approximate surface area is 175 Å². The summed E-state index contributed by atoms with van der Waals surface area (Å²) in [7, 11) is 0. The van der Waals surface area contributed by atoms with E-state index in [2.05, 4.69) is 41.8 Å². The number of nitrogens with two attached hydrogens (primary N) is 1. The summed E-state index contributed by atoms with van der Waals surface area (Å²) in [6.45, 7) is 2.11. The van der Waals surface area contributed by atoms with Crippen molar-refractivity contribution in [2.75, 3.05) is 0 Å². The number of rotatable bonds is 8. The molecule has 0 fully saturated rings. The summed E-state index contributed by atoms with van der Waals surface area (Å²) in [5.41, 5.74) is 8.43. The van der Waals surface area contributed by atoms with Crippen molar-refractivity contribution in [2.45, 2.75) is 31.8 Å². The summed E-state index contributed by atoms with van der Waals surface area (Å²) in [4.78, 5) is 25.4. The molecule has 1 heterocycles. The molecule has 0 saturated heterocycles. The molecule has 3 rings (SSSR count). The third-order valence-electron chi connectivity index (χ3n) is 4.76. The lowest BCUT2D eigenvalue weighted by Gasteiger charge is -2.22. The topological polar surface area (TPSA) is 84.2 Å². The van der Waals surface area contributed by atoms with E-state index in [1.54, 1.807) is 11.3 Å². The maximum Gasteiger partial charge on any atom is 0.312 e. The van der Waals surface area contributed by atoms with Crippen molar-refractivity contribution in [3.8, 4) is 0 Å². The summed E-state index contributed by atoms with van der Waals surface area (Å²) in [5.74, 6) is -0.162. The second-order valence-electron chi connectivity index (χ2n) is 6.79. The van der Waals surface area contributed by atoms with Gasteiger partial charge >= 0.3 is 6.03 Å². The van der Waals surface area contributed by atoms with E-state index in [4.69, 9.17) is 5.73 Å². The Hall–Kier alpha value is -3.12. The second kappa shape index (κ2) is 9.89. The molecular weight excluding hydrogens is 382 g/mol. The first-order valence-electron chi connectivity index (χ1n) is 9.59. The number of urea groups is 1. The number of primary amides is 1. The average molecular weight is 408 g/mol. The number of hydrogen-bond donors (Lipinski definition) is 3. The molecule has 3 aromatic rings. The number of benzene rings is 2. The van der Waals surface area contributed by atoms with Crippen molar-refractivity contribution in [3.05, 3.63) is 93.7 Å². The standard InChI is InChI=1S/C23H25N3O2S/c1-2-16-10-12-18(13-11-16)22(20-9-6-14-29-20)26-21(27)15-19(25-23(24)28)17-7-4-3-5-8-17/h3-14,19,22H,2,15H2,1H3,(H,26,27)(H3,24,25,28)/t19-,22-/m0/s1. The van der Waals surface area contributed by atoms with Crippen LogP contribution in [0.1, 0.15) is 47.0 Å². The normalized spacial score (nSPS) is 12.7. The predicted molar refractivity (Wildman–Crippen MR) is 117 cm³/mol. The van der Waals surface area contributed by atoms with Gasteiger partial charge in [0.05, 0.1) is 18.5 Å². The summed E-state index contributed by atoms with van der Waals surface area (Å²) in [6, 6.07) is 20.3. The SMILES string of the molecule is CCc1ccc([C@H](NC(=O)C[C@H](NC(N)=O)c2ccccc2)c2cccs2)cc1. The Morgan fingerprint density at radius 2 is 1.66 bits per heavy atom. The fourth-order valence-corrected chi connectivity index (χ4v) is 4.04. The van der Waals surface area contributed by atoms with E-state index in [1.807, 2.05) is 47.8 Å². The van der Waals surface area contributed by atoms with Gasteiger partial charge < -0.3 is 16.4 Å². The van der Waals surface area contributed by atoms with E-state index < -0.39 is 12.1 Å². The van der Waals surface area contributed by atoms with Crippen LogP contribution in [0.15, 0.2) is 72.1 Å². The summed E-state index contributed by atoms with van der Waals surface area (Å²) in [5, 5.41) is 7.79. The summed E-state index contributed by atoms with van der Waals surface area (Å²) < 4.78 is 0. The third kappa shape index (κ3) is 5.68. The Bertz CT molecular complexity index is 925. The van der Waals surface area contributed by atoms with Crippen LogP contribution in [0.4, 0.5) is 4.79 Å². The number of amides is 3. The molecule has 4 N–H and O–H groups in total. The number of nitrogens with one attached hydrogen (secondary N) is 2. The lowest BCUT2D eigenvalue weighted by atomic mass is 10.0. The zero-order chi connectivity index (χ0) is 20.6. The van der Waals surface area contributed by atoms with Gasteiger partial charge in [0.15, 0.2) is 0 Å². The first kappa shape index (κ1) is 20.6. The van der Waals surface area contributed by atoms with Crippen LogP contribution in [0.25, 0.3) is 0 Å². The number of carbonyl (C=O) groups excluding carboxylic acids is 2. The Balaban J connectivity index is 1.79. The number of thiophene rings is 1. The molecule has 2 aromatic carbocycles. The van der Waals surface area contributed by atoms with Crippen LogP contribution in [-0.4, -0.2) is 11.9 Å². The van der Waals surface area contributed by atoms with Crippen LogP contribution in [0.3, 0.4) is 0 Å². The number of carbonyl (C=O) groups is 2. The zero-order valence-corrected chi connectivity index (χ0v) is 17.1.